The van der Waals surface area contributed by atoms with Crippen molar-refractivity contribution in [3.63, 3.8) is 0 Å². The number of aliphatic hydroxyl groups is 1. The zero-order chi connectivity index (χ0) is 24.1. The molecule has 1 N–H and O–H groups in total. The van der Waals surface area contributed by atoms with Crippen molar-refractivity contribution in [2.24, 2.45) is 0 Å². The number of benzene rings is 2. The van der Waals surface area contributed by atoms with E-state index in [1.807, 2.05) is 24.5 Å². The number of halogens is 3. The Morgan fingerprint density at radius 2 is 1.82 bits per heavy atom. The van der Waals surface area contributed by atoms with E-state index in [4.69, 9.17) is 27.9 Å². The zero-order valence-corrected chi connectivity index (χ0v) is 20.4. The van der Waals surface area contributed by atoms with Gasteiger partial charge in [0.2, 0.25) is 0 Å². The maximum atomic E-state index is 15.3. The maximum absolute atomic E-state index is 15.3. The standard InChI is InChI=1S/C26H25Cl2FN2O3/c1-14-7-19(33)8-15(2)31(14)17-3-4-25(23(29)11-17)34-26-21-9-16(27)10-22(28)20(21)12-24(26)30-6-5-18(32)13-30/h3-4,7-11,18,24,26,32H,5-6,12-13H2,1-2H3/t18?,24-,26-/m0/s1. The van der Waals surface area contributed by atoms with Crippen LogP contribution in [0, 0.1) is 19.7 Å². The van der Waals surface area contributed by atoms with E-state index >= 15 is 4.39 Å². The van der Waals surface area contributed by atoms with Gasteiger partial charge in [-0.05, 0) is 56.5 Å². The zero-order valence-electron chi connectivity index (χ0n) is 18.9. The van der Waals surface area contributed by atoms with Crippen molar-refractivity contribution in [2.45, 2.75) is 44.9 Å². The fraction of sp³-hybridized carbons (Fsp3) is 0.346. The van der Waals surface area contributed by atoms with Crippen molar-refractivity contribution in [1.82, 2.24) is 9.47 Å². The summed E-state index contributed by atoms with van der Waals surface area (Å²) in [6, 6.07) is 11.3. The lowest BCUT2D eigenvalue weighted by atomic mass is 10.1. The molecule has 1 aromatic heterocycles. The first-order valence-corrected chi connectivity index (χ1v) is 12.0. The van der Waals surface area contributed by atoms with Crippen LogP contribution < -0.4 is 10.2 Å². The van der Waals surface area contributed by atoms with E-state index in [0.29, 0.717) is 35.1 Å². The van der Waals surface area contributed by atoms with Gasteiger partial charge in [-0.25, -0.2) is 4.39 Å². The number of fused-ring (bicyclic) bond motifs is 1. The van der Waals surface area contributed by atoms with Crippen molar-refractivity contribution in [3.05, 3.63) is 91.1 Å². The molecule has 1 fully saturated rings. The molecule has 5 rings (SSSR count). The molecule has 2 heterocycles. The number of aliphatic hydroxyl groups excluding tert-OH is 1. The first-order valence-electron chi connectivity index (χ1n) is 11.3. The Morgan fingerprint density at radius 3 is 2.47 bits per heavy atom. The van der Waals surface area contributed by atoms with Crippen LogP contribution in [0.3, 0.4) is 0 Å². The largest absolute Gasteiger partial charge is 0.481 e. The quantitative estimate of drug-likeness (QED) is 0.544. The second-order valence-electron chi connectivity index (χ2n) is 9.13. The summed E-state index contributed by atoms with van der Waals surface area (Å²) in [5.74, 6) is -0.379. The van der Waals surface area contributed by atoms with Crippen LogP contribution in [0.15, 0.2) is 47.3 Å². The Labute approximate surface area is 207 Å². The molecule has 178 valence electrons. The normalized spacial score (nSPS) is 22.2. The Balaban J connectivity index is 1.50. The molecular formula is C26H25Cl2FN2O3. The number of rotatable bonds is 4. The van der Waals surface area contributed by atoms with Gasteiger partial charge in [-0.3, -0.25) is 9.69 Å². The van der Waals surface area contributed by atoms with Crippen molar-refractivity contribution in [2.75, 3.05) is 13.1 Å². The average molecular weight is 503 g/mol. The Bertz CT molecular complexity index is 1300. The molecule has 0 spiro atoms. The van der Waals surface area contributed by atoms with Gasteiger partial charge in [-0.15, -0.1) is 0 Å². The molecule has 1 aliphatic carbocycles. The molecule has 0 saturated carbocycles. The van der Waals surface area contributed by atoms with Gasteiger partial charge in [0.1, 0.15) is 6.10 Å². The van der Waals surface area contributed by atoms with Crippen LogP contribution in [0.5, 0.6) is 5.75 Å². The van der Waals surface area contributed by atoms with Gasteiger partial charge in [0, 0.05) is 64.0 Å². The Morgan fingerprint density at radius 1 is 1.09 bits per heavy atom. The highest BCUT2D eigenvalue weighted by molar-refractivity contribution is 6.35. The van der Waals surface area contributed by atoms with Crippen molar-refractivity contribution >= 4 is 23.2 Å². The second kappa shape index (κ2) is 9.00. The van der Waals surface area contributed by atoms with E-state index in [1.54, 1.807) is 18.2 Å². The van der Waals surface area contributed by atoms with Gasteiger partial charge in [-0.1, -0.05) is 23.2 Å². The molecule has 1 unspecified atom stereocenters. The second-order valence-corrected chi connectivity index (χ2v) is 9.97. The number of aromatic nitrogens is 1. The van der Waals surface area contributed by atoms with E-state index < -0.39 is 11.9 Å². The summed E-state index contributed by atoms with van der Waals surface area (Å²) in [6.07, 6.45) is 0.462. The minimum Gasteiger partial charge on any atom is -0.481 e. The number of pyridine rings is 1. The van der Waals surface area contributed by atoms with E-state index in [1.165, 1.54) is 18.2 Å². The van der Waals surface area contributed by atoms with Crippen molar-refractivity contribution in [3.8, 4) is 11.4 Å². The summed E-state index contributed by atoms with van der Waals surface area (Å²) in [6.45, 7) is 4.90. The summed E-state index contributed by atoms with van der Waals surface area (Å²) < 4.78 is 23.5. The van der Waals surface area contributed by atoms with Crippen LogP contribution in [0.2, 0.25) is 10.0 Å². The average Bonchev–Trinajstić information content (AvgIpc) is 3.33. The summed E-state index contributed by atoms with van der Waals surface area (Å²) in [7, 11) is 0. The van der Waals surface area contributed by atoms with E-state index in [0.717, 1.165) is 29.1 Å². The third-order valence-electron chi connectivity index (χ3n) is 6.76. The highest BCUT2D eigenvalue weighted by Crippen LogP contribution is 2.43. The highest BCUT2D eigenvalue weighted by atomic mass is 35.5. The van der Waals surface area contributed by atoms with Gasteiger partial charge in [0.05, 0.1) is 12.1 Å². The lowest BCUT2D eigenvalue weighted by molar-refractivity contribution is 0.0790. The molecule has 1 aliphatic heterocycles. The van der Waals surface area contributed by atoms with E-state index in [9.17, 15) is 9.90 Å². The SMILES string of the molecule is Cc1cc(=O)cc(C)n1-c1ccc(O[C@H]2c3cc(Cl)cc(Cl)c3C[C@@H]2N2CCC(O)C2)c(F)c1. The molecule has 0 bridgehead atoms. The number of hydrogen-bond donors (Lipinski definition) is 1. The van der Waals surface area contributed by atoms with Gasteiger partial charge in [-0.2, -0.15) is 0 Å². The summed E-state index contributed by atoms with van der Waals surface area (Å²) in [4.78, 5) is 14.0. The third kappa shape index (κ3) is 4.24. The van der Waals surface area contributed by atoms with Crippen LogP contribution in [-0.2, 0) is 6.42 Å². The predicted octanol–water partition coefficient (Wildman–Crippen LogP) is 5.01. The summed E-state index contributed by atoms with van der Waals surface area (Å²) in [5.41, 5.74) is 3.76. The van der Waals surface area contributed by atoms with Crippen molar-refractivity contribution in [1.29, 1.82) is 0 Å². The molecule has 0 radical (unpaired) electrons. The smallest absolute Gasteiger partial charge is 0.182 e. The minimum absolute atomic E-state index is 0.0815. The summed E-state index contributed by atoms with van der Waals surface area (Å²) in [5, 5.41) is 11.2. The van der Waals surface area contributed by atoms with Gasteiger partial charge >= 0.3 is 0 Å². The molecule has 1 saturated heterocycles. The van der Waals surface area contributed by atoms with Crippen LogP contribution in [-0.4, -0.2) is 39.8 Å². The number of hydrogen-bond acceptors (Lipinski definition) is 4. The molecule has 5 nitrogen and oxygen atoms in total. The van der Waals surface area contributed by atoms with Crippen LogP contribution in [0.25, 0.3) is 5.69 Å². The Kier molecular flexibility index (Phi) is 6.19. The fourth-order valence-electron chi connectivity index (χ4n) is 5.28. The first kappa shape index (κ1) is 23.4. The topological polar surface area (TPSA) is 54.7 Å². The number of likely N-dealkylation sites (tertiary alicyclic amines) is 1. The first-order chi connectivity index (χ1) is 16.2. The van der Waals surface area contributed by atoms with E-state index in [2.05, 4.69) is 4.90 Å². The number of aryl methyl sites for hydroxylation is 2. The summed E-state index contributed by atoms with van der Waals surface area (Å²) >= 11 is 12.8. The van der Waals surface area contributed by atoms with Crippen LogP contribution in [0.4, 0.5) is 4.39 Å². The number of ether oxygens (including phenoxy) is 1. The molecule has 8 heteroatoms. The maximum Gasteiger partial charge on any atom is 0.182 e. The van der Waals surface area contributed by atoms with Gasteiger partial charge < -0.3 is 14.4 Å². The van der Waals surface area contributed by atoms with Gasteiger partial charge in [0.15, 0.2) is 17.0 Å². The molecule has 2 aromatic carbocycles. The van der Waals surface area contributed by atoms with E-state index in [-0.39, 0.29) is 23.3 Å². The molecule has 2 aliphatic rings. The highest BCUT2D eigenvalue weighted by Gasteiger charge is 2.42. The molecule has 34 heavy (non-hydrogen) atoms. The molecule has 0 amide bonds. The Hall–Kier alpha value is -2.38. The molecule has 3 atom stereocenters. The van der Waals surface area contributed by atoms with Gasteiger partial charge in [0.25, 0.3) is 0 Å². The lowest BCUT2D eigenvalue weighted by Gasteiger charge is -2.30. The fourth-order valence-corrected chi connectivity index (χ4v) is 5.86. The minimum atomic E-state index is -0.503. The lowest BCUT2D eigenvalue weighted by Crippen LogP contribution is -2.39. The predicted molar refractivity (Wildman–Crippen MR) is 131 cm³/mol. The monoisotopic (exact) mass is 502 g/mol. The number of nitrogens with zero attached hydrogens (tertiary/aromatic N) is 2. The van der Waals surface area contributed by atoms with Crippen molar-refractivity contribution < 1.29 is 14.2 Å². The third-order valence-corrected chi connectivity index (χ3v) is 7.32. The van der Waals surface area contributed by atoms with Crippen LogP contribution >= 0.6 is 23.2 Å². The molecular weight excluding hydrogens is 478 g/mol. The number of β-amino-alcohol motifs (C(OH)–C–C–N with tert-alkyl or cyclic N) is 1. The van der Waals surface area contributed by atoms with Crippen LogP contribution in [0.1, 0.15) is 35.0 Å². The molecule has 3 aromatic rings.